The Morgan fingerprint density at radius 3 is 2.72 bits per heavy atom. The van der Waals surface area contributed by atoms with Crippen LogP contribution in [0.2, 0.25) is 0 Å². The fraction of sp³-hybridized carbons (Fsp3) is 0.143. The summed E-state index contributed by atoms with van der Waals surface area (Å²) in [6.45, 7) is 3.70. The van der Waals surface area contributed by atoms with Crippen LogP contribution in [0.3, 0.4) is 0 Å². The summed E-state index contributed by atoms with van der Waals surface area (Å²) in [5, 5.41) is 9.15. The number of pyridine rings is 1. The highest BCUT2D eigenvalue weighted by Crippen LogP contribution is 2.27. The molecule has 0 unspecified atom stereocenters. The molecule has 0 spiro atoms. The molecule has 0 aliphatic heterocycles. The fourth-order valence-electron chi connectivity index (χ4n) is 1.67. The predicted molar refractivity (Wildman–Crippen MR) is 77.7 cm³/mol. The highest BCUT2D eigenvalue weighted by Gasteiger charge is 2.10. The Morgan fingerprint density at radius 2 is 2.06 bits per heavy atom. The van der Waals surface area contributed by atoms with Crippen LogP contribution in [0.15, 0.2) is 30.3 Å². The number of nitriles is 1. The number of rotatable bonds is 2. The van der Waals surface area contributed by atoms with Crippen molar-refractivity contribution in [3.8, 4) is 17.6 Å². The molecule has 0 bridgehead atoms. The first-order valence-electron chi connectivity index (χ1n) is 5.42. The molecule has 2 aromatic rings. The van der Waals surface area contributed by atoms with Gasteiger partial charge in [0.2, 0.25) is 0 Å². The Hall–Kier alpha value is -1.61. The van der Waals surface area contributed by atoms with Crippen LogP contribution in [0.5, 0.6) is 11.5 Å². The van der Waals surface area contributed by atoms with Crippen molar-refractivity contribution in [2.45, 2.75) is 13.8 Å². The van der Waals surface area contributed by atoms with Gasteiger partial charge in [-0.25, -0.2) is 0 Å². The molecular weight excluding hydrogens is 339 g/mol. The zero-order chi connectivity index (χ0) is 13.1. The Labute approximate surface area is 120 Å². The van der Waals surface area contributed by atoms with Gasteiger partial charge in [-0.2, -0.15) is 5.26 Å². The summed E-state index contributed by atoms with van der Waals surface area (Å²) in [6, 6.07) is 11.6. The number of aryl methyl sites for hydroxylation is 2. The van der Waals surface area contributed by atoms with E-state index < -0.39 is 0 Å². The topological polar surface area (TPSA) is 45.9 Å². The highest BCUT2D eigenvalue weighted by atomic mass is 127. The number of halogens is 1. The van der Waals surface area contributed by atoms with Gasteiger partial charge in [-0.1, -0.05) is 6.07 Å². The van der Waals surface area contributed by atoms with Gasteiger partial charge < -0.3 is 4.74 Å². The summed E-state index contributed by atoms with van der Waals surface area (Å²) in [7, 11) is 0. The molecule has 1 aromatic carbocycles. The third-order valence-electron chi connectivity index (χ3n) is 2.43. The van der Waals surface area contributed by atoms with Crippen molar-refractivity contribution >= 4 is 22.6 Å². The number of ether oxygens (including phenoxy) is 1. The lowest BCUT2D eigenvalue weighted by Gasteiger charge is -2.10. The minimum atomic E-state index is 0.486. The third kappa shape index (κ3) is 2.79. The van der Waals surface area contributed by atoms with E-state index in [0.29, 0.717) is 17.0 Å². The van der Waals surface area contributed by atoms with Crippen LogP contribution in [0.25, 0.3) is 0 Å². The van der Waals surface area contributed by atoms with Crippen LogP contribution < -0.4 is 4.74 Å². The molecule has 0 saturated carbocycles. The summed E-state index contributed by atoms with van der Waals surface area (Å²) in [6.07, 6.45) is 0. The first-order chi connectivity index (χ1) is 8.60. The number of aromatic nitrogens is 1. The summed E-state index contributed by atoms with van der Waals surface area (Å²) in [4.78, 5) is 4.26. The monoisotopic (exact) mass is 350 g/mol. The van der Waals surface area contributed by atoms with Crippen LogP contribution in [-0.2, 0) is 0 Å². The van der Waals surface area contributed by atoms with Crippen LogP contribution in [0.4, 0.5) is 0 Å². The van der Waals surface area contributed by atoms with Crippen molar-refractivity contribution in [2.24, 2.45) is 0 Å². The van der Waals surface area contributed by atoms with Crippen LogP contribution >= 0.6 is 22.6 Å². The number of nitrogens with zero attached hydrogens (tertiary/aromatic N) is 2. The van der Waals surface area contributed by atoms with Crippen LogP contribution in [0.1, 0.15) is 17.0 Å². The van der Waals surface area contributed by atoms with E-state index in [2.05, 4.69) is 33.6 Å². The van der Waals surface area contributed by atoms with E-state index in [-0.39, 0.29) is 0 Å². The molecule has 0 N–H and O–H groups in total. The second-order valence-electron chi connectivity index (χ2n) is 3.89. The minimum Gasteiger partial charge on any atom is -0.456 e. The van der Waals surface area contributed by atoms with Gasteiger partial charge >= 0.3 is 0 Å². The lowest BCUT2D eigenvalue weighted by molar-refractivity contribution is 0.478. The van der Waals surface area contributed by atoms with Gasteiger partial charge in [0, 0.05) is 15.3 Å². The number of benzene rings is 1. The van der Waals surface area contributed by atoms with Crippen molar-refractivity contribution in [1.82, 2.24) is 4.98 Å². The zero-order valence-electron chi connectivity index (χ0n) is 10.1. The summed E-state index contributed by atoms with van der Waals surface area (Å²) in [5.41, 5.74) is 2.02. The number of hydrogen-bond acceptors (Lipinski definition) is 3. The molecule has 1 heterocycles. The largest absolute Gasteiger partial charge is 0.456 e. The molecule has 0 aliphatic rings. The normalized spacial score (nSPS) is 9.89. The molecule has 0 amide bonds. The first-order valence-corrected chi connectivity index (χ1v) is 6.50. The standard InChI is InChI=1S/C14H11IN2O/c1-9-6-14(13(8-16)10(2)17-9)18-12-5-3-4-11(15)7-12/h3-7H,1-2H3. The van der Waals surface area contributed by atoms with E-state index in [1.54, 1.807) is 6.07 Å². The molecule has 0 fully saturated rings. The Balaban J connectivity index is 2.43. The summed E-state index contributed by atoms with van der Waals surface area (Å²) >= 11 is 2.22. The quantitative estimate of drug-likeness (QED) is 0.770. The van der Waals surface area contributed by atoms with E-state index in [1.807, 2.05) is 38.1 Å². The van der Waals surface area contributed by atoms with E-state index in [9.17, 15) is 0 Å². The second-order valence-corrected chi connectivity index (χ2v) is 5.14. The molecule has 90 valence electrons. The van der Waals surface area contributed by atoms with Gasteiger partial charge in [-0.05, 0) is 54.6 Å². The minimum absolute atomic E-state index is 0.486. The highest BCUT2D eigenvalue weighted by molar-refractivity contribution is 14.1. The van der Waals surface area contributed by atoms with E-state index >= 15 is 0 Å². The maximum Gasteiger partial charge on any atom is 0.148 e. The molecule has 0 atom stereocenters. The Morgan fingerprint density at radius 1 is 1.28 bits per heavy atom. The molecule has 2 rings (SSSR count). The average Bonchev–Trinajstić information content (AvgIpc) is 2.28. The van der Waals surface area contributed by atoms with Crippen molar-refractivity contribution in [3.05, 3.63) is 50.9 Å². The first kappa shape index (κ1) is 12.8. The van der Waals surface area contributed by atoms with Crippen molar-refractivity contribution < 1.29 is 4.74 Å². The van der Waals surface area contributed by atoms with Gasteiger partial charge in [-0.15, -0.1) is 0 Å². The Kier molecular flexibility index (Phi) is 3.82. The van der Waals surface area contributed by atoms with Gasteiger partial charge in [-0.3, -0.25) is 4.98 Å². The van der Waals surface area contributed by atoms with Gasteiger partial charge in [0.25, 0.3) is 0 Å². The second kappa shape index (κ2) is 5.36. The smallest absolute Gasteiger partial charge is 0.148 e. The molecule has 1 aromatic heterocycles. The molecular formula is C14H11IN2O. The molecule has 4 heteroatoms. The van der Waals surface area contributed by atoms with E-state index in [0.717, 1.165) is 15.0 Å². The van der Waals surface area contributed by atoms with Crippen molar-refractivity contribution in [3.63, 3.8) is 0 Å². The van der Waals surface area contributed by atoms with E-state index in [4.69, 9.17) is 10.00 Å². The van der Waals surface area contributed by atoms with Gasteiger partial charge in [0.05, 0.1) is 5.69 Å². The van der Waals surface area contributed by atoms with Crippen LogP contribution in [-0.4, -0.2) is 4.98 Å². The summed E-state index contributed by atoms with van der Waals surface area (Å²) in [5.74, 6) is 1.29. The molecule has 0 aliphatic carbocycles. The van der Waals surface area contributed by atoms with Crippen molar-refractivity contribution in [1.29, 1.82) is 5.26 Å². The van der Waals surface area contributed by atoms with Gasteiger partial charge in [0.1, 0.15) is 23.1 Å². The van der Waals surface area contributed by atoms with Crippen LogP contribution in [0, 0.1) is 28.7 Å². The molecule has 0 saturated heterocycles. The molecule has 0 radical (unpaired) electrons. The summed E-state index contributed by atoms with van der Waals surface area (Å²) < 4.78 is 6.86. The maximum atomic E-state index is 9.15. The number of hydrogen-bond donors (Lipinski definition) is 0. The Bertz CT molecular complexity index is 632. The predicted octanol–water partition coefficient (Wildman–Crippen LogP) is 3.97. The SMILES string of the molecule is Cc1cc(Oc2cccc(I)c2)c(C#N)c(C)n1. The fourth-order valence-corrected chi connectivity index (χ4v) is 2.18. The lowest BCUT2D eigenvalue weighted by Crippen LogP contribution is -1.96. The zero-order valence-corrected chi connectivity index (χ0v) is 12.2. The van der Waals surface area contributed by atoms with Gasteiger partial charge in [0.15, 0.2) is 0 Å². The maximum absolute atomic E-state index is 9.15. The van der Waals surface area contributed by atoms with Crippen molar-refractivity contribution in [2.75, 3.05) is 0 Å². The molecule has 18 heavy (non-hydrogen) atoms. The average molecular weight is 350 g/mol. The third-order valence-corrected chi connectivity index (χ3v) is 3.10. The molecule has 3 nitrogen and oxygen atoms in total. The van der Waals surface area contributed by atoms with E-state index in [1.165, 1.54) is 0 Å². The lowest BCUT2D eigenvalue weighted by atomic mass is 10.2.